The number of benzene rings is 1. The number of rotatable bonds is 3. The summed E-state index contributed by atoms with van der Waals surface area (Å²) in [5.41, 5.74) is 0.381. The van der Waals surface area contributed by atoms with Crippen LogP contribution in [0.5, 0.6) is 0 Å². The Balaban J connectivity index is 2.26. The molecule has 0 saturated carbocycles. The van der Waals surface area contributed by atoms with Gasteiger partial charge in [-0.05, 0) is 18.9 Å². The number of esters is 1. The SMILES string of the molecule is COC(=O)C(c1ccccc1F)N1CCC(S)CC1. The van der Waals surface area contributed by atoms with Crippen LogP contribution in [-0.4, -0.2) is 36.3 Å². The highest BCUT2D eigenvalue weighted by atomic mass is 32.1. The third kappa shape index (κ3) is 3.28. The van der Waals surface area contributed by atoms with Gasteiger partial charge in [-0.2, -0.15) is 12.6 Å². The highest BCUT2D eigenvalue weighted by Gasteiger charge is 2.32. The van der Waals surface area contributed by atoms with Gasteiger partial charge in [0.15, 0.2) is 0 Å². The molecule has 0 aromatic heterocycles. The van der Waals surface area contributed by atoms with Crippen molar-refractivity contribution in [2.24, 2.45) is 0 Å². The number of nitrogens with zero attached hydrogens (tertiary/aromatic N) is 1. The summed E-state index contributed by atoms with van der Waals surface area (Å²) in [6.07, 6.45) is 1.79. The number of ether oxygens (including phenoxy) is 1. The fourth-order valence-electron chi connectivity index (χ4n) is 2.43. The first-order valence-electron chi connectivity index (χ1n) is 6.38. The summed E-state index contributed by atoms with van der Waals surface area (Å²) in [5.74, 6) is -0.784. The number of hydrogen-bond donors (Lipinski definition) is 1. The zero-order valence-corrected chi connectivity index (χ0v) is 11.8. The van der Waals surface area contributed by atoms with Gasteiger partial charge in [0, 0.05) is 23.9 Å². The Labute approximate surface area is 118 Å². The zero-order valence-electron chi connectivity index (χ0n) is 10.9. The van der Waals surface area contributed by atoms with Crippen molar-refractivity contribution in [1.29, 1.82) is 0 Å². The Kier molecular flexibility index (Phi) is 4.82. The molecule has 0 spiro atoms. The van der Waals surface area contributed by atoms with Gasteiger partial charge >= 0.3 is 5.97 Å². The third-order valence-electron chi connectivity index (χ3n) is 3.49. The minimum atomic E-state index is -0.660. The Morgan fingerprint density at radius 3 is 2.63 bits per heavy atom. The summed E-state index contributed by atoms with van der Waals surface area (Å²) in [6.45, 7) is 1.45. The molecule has 3 nitrogen and oxygen atoms in total. The molecule has 1 aliphatic heterocycles. The lowest BCUT2D eigenvalue weighted by atomic mass is 10.0. The molecule has 2 rings (SSSR count). The van der Waals surface area contributed by atoms with E-state index in [0.717, 1.165) is 25.9 Å². The van der Waals surface area contributed by atoms with E-state index < -0.39 is 12.0 Å². The lowest BCUT2D eigenvalue weighted by molar-refractivity contribution is -0.147. The maximum Gasteiger partial charge on any atom is 0.327 e. The molecule has 0 radical (unpaired) electrons. The van der Waals surface area contributed by atoms with Crippen molar-refractivity contribution in [2.75, 3.05) is 20.2 Å². The van der Waals surface area contributed by atoms with Gasteiger partial charge in [-0.1, -0.05) is 18.2 Å². The normalized spacial score (nSPS) is 19.1. The molecule has 1 saturated heterocycles. The van der Waals surface area contributed by atoms with Crippen LogP contribution in [0.1, 0.15) is 24.4 Å². The van der Waals surface area contributed by atoms with E-state index in [1.807, 2.05) is 4.90 Å². The second-order valence-electron chi connectivity index (χ2n) is 4.71. The predicted octanol–water partition coefficient (Wildman–Crippen LogP) is 2.43. The van der Waals surface area contributed by atoms with Gasteiger partial charge in [0.1, 0.15) is 11.9 Å². The van der Waals surface area contributed by atoms with E-state index in [-0.39, 0.29) is 5.82 Å². The smallest absolute Gasteiger partial charge is 0.327 e. The summed E-state index contributed by atoms with van der Waals surface area (Å²) in [6, 6.07) is 5.71. The van der Waals surface area contributed by atoms with Gasteiger partial charge in [0.05, 0.1) is 7.11 Å². The van der Waals surface area contributed by atoms with Crippen LogP contribution in [0.3, 0.4) is 0 Å². The van der Waals surface area contributed by atoms with Gasteiger partial charge in [-0.3, -0.25) is 4.90 Å². The first-order chi connectivity index (χ1) is 9.13. The highest BCUT2D eigenvalue weighted by Crippen LogP contribution is 2.28. The lowest BCUT2D eigenvalue weighted by Crippen LogP contribution is -2.41. The topological polar surface area (TPSA) is 29.5 Å². The van der Waals surface area contributed by atoms with Crippen molar-refractivity contribution < 1.29 is 13.9 Å². The molecule has 1 unspecified atom stereocenters. The molecule has 0 amide bonds. The molecular weight excluding hydrogens is 265 g/mol. The van der Waals surface area contributed by atoms with Crippen LogP contribution >= 0.6 is 12.6 Å². The molecule has 0 bridgehead atoms. The minimum Gasteiger partial charge on any atom is -0.468 e. The number of thiol groups is 1. The van der Waals surface area contributed by atoms with E-state index >= 15 is 0 Å². The van der Waals surface area contributed by atoms with E-state index in [0.29, 0.717) is 10.8 Å². The zero-order chi connectivity index (χ0) is 13.8. The highest BCUT2D eigenvalue weighted by molar-refractivity contribution is 7.80. The van der Waals surface area contributed by atoms with Gasteiger partial charge in [0.25, 0.3) is 0 Å². The quantitative estimate of drug-likeness (QED) is 0.682. The van der Waals surface area contributed by atoms with Crippen molar-refractivity contribution in [1.82, 2.24) is 4.90 Å². The van der Waals surface area contributed by atoms with Crippen molar-refractivity contribution >= 4 is 18.6 Å². The standard InChI is InChI=1S/C14H18FNO2S/c1-18-14(17)13(11-4-2-3-5-12(11)15)16-8-6-10(19)7-9-16/h2-5,10,13,19H,6-9H2,1H3. The van der Waals surface area contributed by atoms with Crippen LogP contribution in [0.2, 0.25) is 0 Å². The third-order valence-corrected chi connectivity index (χ3v) is 4.00. The number of carbonyl (C=O) groups excluding carboxylic acids is 1. The molecule has 1 aliphatic rings. The first-order valence-corrected chi connectivity index (χ1v) is 6.89. The number of hydrogen-bond acceptors (Lipinski definition) is 4. The molecular formula is C14H18FNO2S. The summed E-state index contributed by atoms with van der Waals surface area (Å²) >= 11 is 4.44. The molecule has 1 heterocycles. The number of piperidine rings is 1. The molecule has 1 aromatic rings. The van der Waals surface area contributed by atoms with Crippen LogP contribution in [0.25, 0.3) is 0 Å². The summed E-state index contributed by atoms with van der Waals surface area (Å²) < 4.78 is 18.8. The first kappa shape index (κ1) is 14.3. The Bertz CT molecular complexity index is 447. The molecule has 1 atom stereocenters. The van der Waals surface area contributed by atoms with Gasteiger partial charge in [-0.15, -0.1) is 0 Å². The van der Waals surface area contributed by atoms with E-state index in [1.165, 1.54) is 13.2 Å². The number of halogens is 1. The van der Waals surface area contributed by atoms with Crippen molar-refractivity contribution in [3.05, 3.63) is 35.6 Å². The fraction of sp³-hybridized carbons (Fsp3) is 0.500. The van der Waals surface area contributed by atoms with Crippen molar-refractivity contribution in [2.45, 2.75) is 24.1 Å². The molecule has 104 valence electrons. The Morgan fingerprint density at radius 1 is 1.42 bits per heavy atom. The summed E-state index contributed by atoms with van der Waals surface area (Å²) in [4.78, 5) is 14.0. The maximum absolute atomic E-state index is 13.9. The van der Waals surface area contributed by atoms with Crippen LogP contribution in [-0.2, 0) is 9.53 Å². The van der Waals surface area contributed by atoms with Crippen LogP contribution in [0.4, 0.5) is 4.39 Å². The average Bonchev–Trinajstić information content (AvgIpc) is 2.43. The van der Waals surface area contributed by atoms with E-state index in [2.05, 4.69) is 12.6 Å². The van der Waals surface area contributed by atoms with Gasteiger partial charge in [-0.25, -0.2) is 9.18 Å². The number of likely N-dealkylation sites (tertiary alicyclic amines) is 1. The Morgan fingerprint density at radius 2 is 2.05 bits per heavy atom. The average molecular weight is 283 g/mol. The summed E-state index contributed by atoms with van der Waals surface area (Å²) in [7, 11) is 1.33. The Hall–Kier alpha value is -1.07. The van der Waals surface area contributed by atoms with Crippen LogP contribution in [0.15, 0.2) is 24.3 Å². The van der Waals surface area contributed by atoms with Crippen molar-refractivity contribution in [3.8, 4) is 0 Å². The monoisotopic (exact) mass is 283 g/mol. The van der Waals surface area contributed by atoms with Crippen LogP contribution < -0.4 is 0 Å². The fourth-order valence-corrected chi connectivity index (χ4v) is 2.66. The molecule has 1 fully saturated rings. The van der Waals surface area contributed by atoms with E-state index in [1.54, 1.807) is 18.2 Å². The van der Waals surface area contributed by atoms with Gasteiger partial charge in [0.2, 0.25) is 0 Å². The lowest BCUT2D eigenvalue weighted by Gasteiger charge is -2.35. The maximum atomic E-state index is 13.9. The minimum absolute atomic E-state index is 0.357. The molecule has 0 aliphatic carbocycles. The molecule has 0 N–H and O–H groups in total. The summed E-state index contributed by atoms with van der Waals surface area (Å²) in [5, 5.41) is 0.357. The van der Waals surface area contributed by atoms with E-state index in [9.17, 15) is 9.18 Å². The molecule has 5 heteroatoms. The second-order valence-corrected chi connectivity index (χ2v) is 5.44. The van der Waals surface area contributed by atoms with Crippen LogP contribution in [0, 0.1) is 5.82 Å². The van der Waals surface area contributed by atoms with E-state index in [4.69, 9.17) is 4.74 Å². The van der Waals surface area contributed by atoms with Gasteiger partial charge < -0.3 is 4.74 Å². The number of carbonyl (C=O) groups is 1. The molecule has 19 heavy (non-hydrogen) atoms. The predicted molar refractivity (Wildman–Crippen MR) is 74.7 cm³/mol. The number of methoxy groups -OCH3 is 1. The van der Waals surface area contributed by atoms with Crippen molar-refractivity contribution in [3.63, 3.8) is 0 Å². The largest absolute Gasteiger partial charge is 0.468 e. The molecule has 1 aromatic carbocycles. The second kappa shape index (κ2) is 6.39.